The van der Waals surface area contributed by atoms with E-state index in [0.717, 1.165) is 6.42 Å². The highest BCUT2D eigenvalue weighted by molar-refractivity contribution is 5.21. The van der Waals surface area contributed by atoms with Crippen molar-refractivity contribution < 1.29 is 0 Å². The van der Waals surface area contributed by atoms with Crippen molar-refractivity contribution in [3.8, 4) is 6.07 Å². The van der Waals surface area contributed by atoms with Crippen molar-refractivity contribution in [2.75, 3.05) is 0 Å². The first-order valence-corrected chi connectivity index (χ1v) is 4.14. The molecule has 11 heavy (non-hydrogen) atoms. The molecule has 1 fully saturated rings. The van der Waals surface area contributed by atoms with Crippen LogP contribution in [0.1, 0.15) is 33.6 Å². The molecule has 0 heterocycles. The average Bonchev–Trinajstić information content (AvgIpc) is 2.07. The van der Waals surface area contributed by atoms with Crippen LogP contribution in [0, 0.1) is 22.7 Å². The molecule has 1 aliphatic rings. The van der Waals surface area contributed by atoms with Crippen molar-refractivity contribution in [3.05, 3.63) is 11.6 Å². The third-order valence-electron chi connectivity index (χ3n) is 2.42. The van der Waals surface area contributed by atoms with E-state index in [1.54, 1.807) is 6.08 Å². The molecule has 0 spiro atoms. The van der Waals surface area contributed by atoms with Gasteiger partial charge in [-0.15, -0.1) is 0 Å². The summed E-state index contributed by atoms with van der Waals surface area (Å²) in [6, 6.07) is 2.12. The Morgan fingerprint density at radius 3 is 2.64 bits per heavy atom. The molecule has 1 atom stereocenters. The van der Waals surface area contributed by atoms with Gasteiger partial charge in [-0.25, -0.2) is 0 Å². The van der Waals surface area contributed by atoms with Crippen LogP contribution in [0.4, 0.5) is 0 Å². The van der Waals surface area contributed by atoms with Crippen LogP contribution in [0.3, 0.4) is 0 Å². The van der Waals surface area contributed by atoms with Gasteiger partial charge in [-0.05, 0) is 24.2 Å². The fourth-order valence-corrected chi connectivity index (χ4v) is 2.04. The van der Waals surface area contributed by atoms with E-state index in [-0.39, 0.29) is 0 Å². The van der Waals surface area contributed by atoms with E-state index in [1.165, 1.54) is 12.0 Å². The van der Waals surface area contributed by atoms with E-state index in [2.05, 4.69) is 26.8 Å². The fourth-order valence-electron chi connectivity index (χ4n) is 2.04. The van der Waals surface area contributed by atoms with Crippen LogP contribution in [0.25, 0.3) is 0 Å². The van der Waals surface area contributed by atoms with E-state index in [9.17, 15) is 0 Å². The number of hydrogen-bond acceptors (Lipinski definition) is 1. The first-order chi connectivity index (χ1) is 5.05. The lowest BCUT2D eigenvalue weighted by atomic mass is 9.91. The van der Waals surface area contributed by atoms with Crippen LogP contribution >= 0.6 is 0 Å². The zero-order valence-corrected chi connectivity index (χ0v) is 7.52. The molecule has 0 N–H and O–H groups in total. The quantitative estimate of drug-likeness (QED) is 0.486. The first-order valence-electron chi connectivity index (χ1n) is 4.14. The van der Waals surface area contributed by atoms with Crippen LogP contribution < -0.4 is 0 Å². The Hall–Kier alpha value is -0.770. The number of rotatable bonds is 0. The summed E-state index contributed by atoms with van der Waals surface area (Å²) in [7, 11) is 0. The monoisotopic (exact) mass is 149 g/mol. The topological polar surface area (TPSA) is 23.8 Å². The molecule has 1 saturated carbocycles. The summed E-state index contributed by atoms with van der Waals surface area (Å²) in [5, 5.41) is 8.49. The molecule has 0 radical (unpaired) electrons. The Labute approximate surface area is 68.7 Å². The second-order valence-electron chi connectivity index (χ2n) is 4.29. The number of nitrogens with zero attached hydrogens (tertiary/aromatic N) is 1. The number of allylic oxidation sites excluding steroid dienone is 2. The minimum absolute atomic E-state index is 0.419. The largest absolute Gasteiger partial charge is 0.193 e. The van der Waals surface area contributed by atoms with Crippen LogP contribution in [-0.2, 0) is 0 Å². The van der Waals surface area contributed by atoms with Gasteiger partial charge in [0.15, 0.2) is 0 Å². The van der Waals surface area contributed by atoms with Gasteiger partial charge in [-0.1, -0.05) is 26.3 Å². The molecule has 1 heteroatoms. The third kappa shape index (κ3) is 1.83. The molecule has 0 aromatic rings. The average molecular weight is 149 g/mol. The first kappa shape index (κ1) is 8.33. The Morgan fingerprint density at radius 2 is 2.27 bits per heavy atom. The molecule has 0 bridgehead atoms. The Bertz CT molecular complexity index is 218. The molecule has 1 aliphatic carbocycles. The summed E-state index contributed by atoms with van der Waals surface area (Å²) in [5.41, 5.74) is 1.75. The van der Waals surface area contributed by atoms with Crippen molar-refractivity contribution in [1.29, 1.82) is 5.26 Å². The summed E-state index contributed by atoms with van der Waals surface area (Å²) >= 11 is 0. The molecule has 60 valence electrons. The van der Waals surface area contributed by atoms with E-state index >= 15 is 0 Å². The van der Waals surface area contributed by atoms with E-state index < -0.39 is 0 Å². The summed E-state index contributed by atoms with van der Waals surface area (Å²) in [6.07, 6.45) is 4.04. The summed E-state index contributed by atoms with van der Waals surface area (Å²) in [5.74, 6) is 0.615. The number of nitriles is 1. The smallest absolute Gasteiger partial charge is 0.0911 e. The second-order valence-corrected chi connectivity index (χ2v) is 4.29. The Morgan fingerprint density at radius 1 is 1.64 bits per heavy atom. The van der Waals surface area contributed by atoms with Crippen molar-refractivity contribution in [1.82, 2.24) is 0 Å². The van der Waals surface area contributed by atoms with Gasteiger partial charge in [0, 0.05) is 6.08 Å². The second kappa shape index (κ2) is 2.70. The van der Waals surface area contributed by atoms with Crippen LogP contribution in [0.2, 0.25) is 0 Å². The summed E-state index contributed by atoms with van der Waals surface area (Å²) in [4.78, 5) is 0. The van der Waals surface area contributed by atoms with Gasteiger partial charge in [0.25, 0.3) is 0 Å². The standard InChI is InChI=1S/C10H15N/c1-8-6-10(2,3)7-9(8)4-5-11/h4,8H,6-7H2,1-3H3. The van der Waals surface area contributed by atoms with Crippen LogP contribution in [0.5, 0.6) is 0 Å². The van der Waals surface area contributed by atoms with Gasteiger partial charge in [0.05, 0.1) is 6.07 Å². The normalized spacial score (nSPS) is 32.2. The Balaban J connectivity index is 2.76. The van der Waals surface area contributed by atoms with Gasteiger partial charge >= 0.3 is 0 Å². The number of hydrogen-bond donors (Lipinski definition) is 0. The minimum atomic E-state index is 0.419. The molecule has 0 aliphatic heterocycles. The van der Waals surface area contributed by atoms with Crippen LogP contribution in [0.15, 0.2) is 11.6 Å². The molecule has 0 aromatic heterocycles. The zero-order valence-electron chi connectivity index (χ0n) is 7.52. The molecule has 0 aromatic carbocycles. The molecule has 1 unspecified atom stereocenters. The maximum atomic E-state index is 8.49. The highest BCUT2D eigenvalue weighted by Crippen LogP contribution is 2.44. The summed E-state index contributed by atoms with van der Waals surface area (Å²) in [6.45, 7) is 6.74. The highest BCUT2D eigenvalue weighted by atomic mass is 14.4. The van der Waals surface area contributed by atoms with Gasteiger partial charge < -0.3 is 0 Å². The molecule has 0 saturated heterocycles. The molecular formula is C10H15N. The maximum Gasteiger partial charge on any atom is 0.0911 e. The lowest BCUT2D eigenvalue weighted by Crippen LogP contribution is -2.03. The SMILES string of the molecule is CC1CC(C)(C)CC1=CC#N. The van der Waals surface area contributed by atoms with Crippen LogP contribution in [-0.4, -0.2) is 0 Å². The minimum Gasteiger partial charge on any atom is -0.193 e. The molecule has 0 amide bonds. The highest BCUT2D eigenvalue weighted by Gasteiger charge is 2.31. The third-order valence-corrected chi connectivity index (χ3v) is 2.42. The van der Waals surface area contributed by atoms with E-state index in [1.807, 2.05) is 0 Å². The predicted molar refractivity (Wildman–Crippen MR) is 45.9 cm³/mol. The van der Waals surface area contributed by atoms with E-state index in [0.29, 0.717) is 11.3 Å². The van der Waals surface area contributed by atoms with Gasteiger partial charge in [-0.2, -0.15) is 5.26 Å². The fraction of sp³-hybridized carbons (Fsp3) is 0.700. The van der Waals surface area contributed by atoms with Crippen molar-refractivity contribution >= 4 is 0 Å². The molecule has 1 nitrogen and oxygen atoms in total. The van der Waals surface area contributed by atoms with Crippen molar-refractivity contribution in [2.45, 2.75) is 33.6 Å². The molecule has 1 rings (SSSR count). The Kier molecular flexibility index (Phi) is 2.04. The van der Waals surface area contributed by atoms with Crippen molar-refractivity contribution in [3.63, 3.8) is 0 Å². The summed E-state index contributed by atoms with van der Waals surface area (Å²) < 4.78 is 0. The lowest BCUT2D eigenvalue weighted by Gasteiger charge is -2.14. The van der Waals surface area contributed by atoms with Gasteiger partial charge in [0.1, 0.15) is 0 Å². The zero-order chi connectivity index (χ0) is 8.48. The lowest BCUT2D eigenvalue weighted by molar-refractivity contribution is 0.367. The molecular weight excluding hydrogens is 134 g/mol. The maximum absolute atomic E-state index is 8.49. The predicted octanol–water partition coefficient (Wildman–Crippen LogP) is 2.89. The van der Waals surface area contributed by atoms with Gasteiger partial charge in [-0.3, -0.25) is 0 Å². The van der Waals surface area contributed by atoms with Crippen molar-refractivity contribution in [2.24, 2.45) is 11.3 Å². The van der Waals surface area contributed by atoms with Gasteiger partial charge in [0.2, 0.25) is 0 Å². The van der Waals surface area contributed by atoms with E-state index in [4.69, 9.17) is 5.26 Å².